The maximum Gasteiger partial charge on any atom is 0.231 e. The van der Waals surface area contributed by atoms with E-state index in [1.165, 1.54) is 11.1 Å². The molecule has 0 amide bonds. The number of benzene rings is 1. The highest BCUT2D eigenvalue weighted by Gasteiger charge is 2.27. The van der Waals surface area contributed by atoms with Gasteiger partial charge in [-0.1, -0.05) is 36.3 Å². The lowest BCUT2D eigenvalue weighted by Gasteiger charge is -2.05. The van der Waals surface area contributed by atoms with Crippen molar-refractivity contribution >= 4 is 0 Å². The van der Waals surface area contributed by atoms with E-state index in [1.807, 2.05) is 0 Å². The lowest BCUT2D eigenvalue weighted by Crippen LogP contribution is -2.12. The van der Waals surface area contributed by atoms with Gasteiger partial charge in [-0.05, 0) is 30.4 Å². The summed E-state index contributed by atoms with van der Waals surface area (Å²) >= 11 is 0. The molecule has 1 heterocycles. The van der Waals surface area contributed by atoms with Crippen LogP contribution in [-0.2, 0) is 12.8 Å². The number of nitrogens with zero attached hydrogens (tertiary/aromatic N) is 2. The summed E-state index contributed by atoms with van der Waals surface area (Å²) in [5.74, 6) is 2.06. The average molecular weight is 257 g/mol. The van der Waals surface area contributed by atoms with Crippen molar-refractivity contribution in [3.8, 4) is 0 Å². The fourth-order valence-corrected chi connectivity index (χ4v) is 2.76. The zero-order valence-corrected chi connectivity index (χ0v) is 11.2. The summed E-state index contributed by atoms with van der Waals surface area (Å²) in [6, 6.07) is 8.55. The molecule has 0 saturated carbocycles. The summed E-state index contributed by atoms with van der Waals surface area (Å²) in [6.07, 6.45) is 2.95. The SMILES string of the molecule is CCC(CN)c1nc(C2Cc3ccccc3C2)no1. The molecule has 0 radical (unpaired) electrons. The summed E-state index contributed by atoms with van der Waals surface area (Å²) in [5.41, 5.74) is 8.53. The Hall–Kier alpha value is -1.68. The minimum atomic E-state index is 0.185. The molecular formula is C15H19N3O. The third-order valence-electron chi connectivity index (χ3n) is 4.00. The highest BCUT2D eigenvalue weighted by Crippen LogP contribution is 2.32. The fraction of sp³-hybridized carbons (Fsp3) is 0.467. The van der Waals surface area contributed by atoms with Crippen molar-refractivity contribution in [3.05, 3.63) is 47.1 Å². The van der Waals surface area contributed by atoms with Crippen LogP contribution in [0.5, 0.6) is 0 Å². The second-order valence-corrected chi connectivity index (χ2v) is 5.21. The smallest absolute Gasteiger partial charge is 0.231 e. The molecule has 1 aliphatic carbocycles. The summed E-state index contributed by atoms with van der Waals surface area (Å²) in [4.78, 5) is 4.56. The first-order valence-electron chi connectivity index (χ1n) is 6.92. The lowest BCUT2D eigenvalue weighted by molar-refractivity contribution is 0.345. The Kier molecular flexibility index (Phi) is 3.34. The first kappa shape index (κ1) is 12.4. The molecule has 1 aliphatic rings. The van der Waals surface area contributed by atoms with Gasteiger partial charge in [-0.2, -0.15) is 4.98 Å². The van der Waals surface area contributed by atoms with Crippen LogP contribution in [0.1, 0.15) is 48.0 Å². The minimum Gasteiger partial charge on any atom is -0.339 e. The van der Waals surface area contributed by atoms with E-state index >= 15 is 0 Å². The number of hydrogen-bond donors (Lipinski definition) is 1. The van der Waals surface area contributed by atoms with Crippen LogP contribution >= 0.6 is 0 Å². The maximum absolute atomic E-state index is 5.72. The molecule has 4 heteroatoms. The molecule has 2 N–H and O–H groups in total. The van der Waals surface area contributed by atoms with Gasteiger partial charge in [0.2, 0.25) is 5.89 Å². The maximum atomic E-state index is 5.72. The minimum absolute atomic E-state index is 0.185. The monoisotopic (exact) mass is 257 g/mol. The van der Waals surface area contributed by atoms with Crippen LogP contribution < -0.4 is 5.73 Å². The Morgan fingerprint density at radius 3 is 2.58 bits per heavy atom. The highest BCUT2D eigenvalue weighted by molar-refractivity contribution is 5.34. The highest BCUT2D eigenvalue weighted by atomic mass is 16.5. The molecule has 0 spiro atoms. The van der Waals surface area contributed by atoms with Crippen LogP contribution in [0, 0.1) is 0 Å². The Morgan fingerprint density at radius 1 is 1.32 bits per heavy atom. The molecule has 0 saturated heterocycles. The van der Waals surface area contributed by atoms with E-state index in [1.54, 1.807) is 0 Å². The van der Waals surface area contributed by atoms with Crippen molar-refractivity contribution in [2.24, 2.45) is 5.73 Å². The Labute approximate surface area is 113 Å². The van der Waals surface area contributed by atoms with Crippen LogP contribution in [0.4, 0.5) is 0 Å². The van der Waals surface area contributed by atoms with E-state index in [0.717, 1.165) is 25.1 Å². The first-order chi connectivity index (χ1) is 9.31. The summed E-state index contributed by atoms with van der Waals surface area (Å²) in [6.45, 7) is 2.65. The molecular weight excluding hydrogens is 238 g/mol. The number of hydrogen-bond acceptors (Lipinski definition) is 4. The normalized spacial score (nSPS) is 16.5. The average Bonchev–Trinajstić information content (AvgIpc) is 3.06. The Balaban J connectivity index is 1.79. The van der Waals surface area contributed by atoms with Gasteiger partial charge in [0.1, 0.15) is 0 Å². The molecule has 0 bridgehead atoms. The van der Waals surface area contributed by atoms with Crippen molar-refractivity contribution < 1.29 is 4.52 Å². The van der Waals surface area contributed by atoms with Gasteiger partial charge in [-0.25, -0.2) is 0 Å². The second kappa shape index (κ2) is 5.13. The molecule has 1 atom stereocenters. The number of nitrogens with two attached hydrogens (primary N) is 1. The zero-order valence-electron chi connectivity index (χ0n) is 11.2. The molecule has 19 heavy (non-hydrogen) atoms. The van der Waals surface area contributed by atoms with E-state index in [9.17, 15) is 0 Å². The van der Waals surface area contributed by atoms with Crippen LogP contribution in [0.2, 0.25) is 0 Å². The van der Waals surface area contributed by atoms with Crippen molar-refractivity contribution in [2.75, 3.05) is 6.54 Å². The van der Waals surface area contributed by atoms with Crippen molar-refractivity contribution in [1.82, 2.24) is 10.1 Å². The van der Waals surface area contributed by atoms with E-state index in [2.05, 4.69) is 41.3 Å². The quantitative estimate of drug-likeness (QED) is 0.913. The Bertz CT molecular complexity index is 535. The summed E-state index contributed by atoms with van der Waals surface area (Å²) < 4.78 is 5.38. The van der Waals surface area contributed by atoms with Gasteiger partial charge < -0.3 is 10.3 Å². The molecule has 2 aromatic rings. The van der Waals surface area contributed by atoms with Gasteiger partial charge in [0.05, 0.1) is 5.92 Å². The largest absolute Gasteiger partial charge is 0.339 e. The molecule has 0 fully saturated rings. The van der Waals surface area contributed by atoms with Crippen molar-refractivity contribution in [1.29, 1.82) is 0 Å². The third kappa shape index (κ3) is 2.28. The predicted molar refractivity (Wildman–Crippen MR) is 73.0 cm³/mol. The molecule has 0 aliphatic heterocycles. The zero-order chi connectivity index (χ0) is 13.2. The van der Waals surface area contributed by atoms with Crippen LogP contribution in [0.15, 0.2) is 28.8 Å². The first-order valence-corrected chi connectivity index (χ1v) is 6.92. The van der Waals surface area contributed by atoms with E-state index in [0.29, 0.717) is 18.4 Å². The predicted octanol–water partition coefficient (Wildman–Crippen LogP) is 2.40. The van der Waals surface area contributed by atoms with E-state index in [4.69, 9.17) is 10.3 Å². The van der Waals surface area contributed by atoms with Gasteiger partial charge in [0, 0.05) is 12.5 Å². The molecule has 3 rings (SSSR count). The summed E-state index contributed by atoms with van der Waals surface area (Å²) in [5, 5.41) is 4.16. The van der Waals surface area contributed by atoms with E-state index < -0.39 is 0 Å². The van der Waals surface area contributed by atoms with Crippen molar-refractivity contribution in [2.45, 2.75) is 38.0 Å². The third-order valence-corrected chi connectivity index (χ3v) is 4.00. The van der Waals surface area contributed by atoms with Crippen LogP contribution in [0.25, 0.3) is 0 Å². The molecule has 1 unspecified atom stereocenters. The van der Waals surface area contributed by atoms with Crippen LogP contribution in [-0.4, -0.2) is 16.7 Å². The van der Waals surface area contributed by atoms with Crippen LogP contribution in [0.3, 0.4) is 0 Å². The van der Waals surface area contributed by atoms with Gasteiger partial charge >= 0.3 is 0 Å². The van der Waals surface area contributed by atoms with E-state index in [-0.39, 0.29) is 5.92 Å². The van der Waals surface area contributed by atoms with Gasteiger partial charge in [-0.3, -0.25) is 0 Å². The molecule has 1 aromatic carbocycles. The Morgan fingerprint density at radius 2 is 2.00 bits per heavy atom. The summed E-state index contributed by atoms with van der Waals surface area (Å²) in [7, 11) is 0. The van der Waals surface area contributed by atoms with Crippen molar-refractivity contribution in [3.63, 3.8) is 0 Å². The number of fused-ring (bicyclic) bond motifs is 1. The molecule has 4 nitrogen and oxygen atoms in total. The topological polar surface area (TPSA) is 64.9 Å². The van der Waals surface area contributed by atoms with Gasteiger partial charge in [0.15, 0.2) is 5.82 Å². The lowest BCUT2D eigenvalue weighted by atomic mass is 10.1. The van der Waals surface area contributed by atoms with Gasteiger partial charge in [0.25, 0.3) is 0 Å². The molecule has 1 aromatic heterocycles. The standard InChI is InChI=1S/C15H19N3O/c1-2-10(9-16)15-17-14(18-19-15)13-7-11-5-3-4-6-12(11)8-13/h3-6,10,13H,2,7-9,16H2,1H3. The fourth-order valence-electron chi connectivity index (χ4n) is 2.76. The number of rotatable bonds is 4. The number of aromatic nitrogens is 2. The van der Waals surface area contributed by atoms with Gasteiger partial charge in [-0.15, -0.1) is 0 Å². The second-order valence-electron chi connectivity index (χ2n) is 5.21. The molecule has 100 valence electrons.